The summed E-state index contributed by atoms with van der Waals surface area (Å²) in [7, 11) is 2.84. The molecular formula is C19H21F3N6O2. The first-order valence-corrected chi connectivity index (χ1v) is 9.47. The van der Waals surface area contributed by atoms with Crippen molar-refractivity contribution in [1.82, 2.24) is 24.0 Å². The van der Waals surface area contributed by atoms with Crippen molar-refractivity contribution in [3.8, 4) is 0 Å². The highest BCUT2D eigenvalue weighted by Crippen LogP contribution is 2.33. The Morgan fingerprint density at radius 1 is 1.07 bits per heavy atom. The zero-order chi connectivity index (χ0) is 21.6. The fourth-order valence-corrected chi connectivity index (χ4v) is 3.80. The molecule has 8 nitrogen and oxygen atoms in total. The number of piperazine rings is 1. The van der Waals surface area contributed by atoms with Gasteiger partial charge in [0.15, 0.2) is 11.2 Å². The van der Waals surface area contributed by atoms with Gasteiger partial charge in [0.2, 0.25) is 5.95 Å². The molecule has 11 heteroatoms. The standard InChI is InChI=1S/C19H21F3N6O2/c1-25-15-14(16(29)26(2)18(25)30)28(17(24-15)27-9-7-23-8-10-27)11-12-5-3-4-6-13(12)19(20,21)22/h3-6,23H,7-11H2,1-2H3. The van der Waals surface area contributed by atoms with E-state index in [4.69, 9.17) is 0 Å². The normalized spacial score (nSPS) is 15.2. The molecule has 2 aromatic heterocycles. The lowest BCUT2D eigenvalue weighted by Crippen LogP contribution is -2.44. The maximum Gasteiger partial charge on any atom is 0.416 e. The Morgan fingerprint density at radius 2 is 1.73 bits per heavy atom. The molecule has 4 rings (SSSR count). The molecule has 1 aliphatic rings. The van der Waals surface area contributed by atoms with Crippen LogP contribution in [0.5, 0.6) is 0 Å². The molecule has 0 atom stereocenters. The van der Waals surface area contributed by atoms with Crippen LogP contribution in [0.4, 0.5) is 19.1 Å². The molecule has 1 aliphatic heterocycles. The van der Waals surface area contributed by atoms with Gasteiger partial charge in [0.25, 0.3) is 5.56 Å². The molecule has 160 valence electrons. The van der Waals surface area contributed by atoms with E-state index < -0.39 is 23.0 Å². The fraction of sp³-hybridized carbons (Fsp3) is 0.421. The van der Waals surface area contributed by atoms with Gasteiger partial charge in [0.05, 0.1) is 12.1 Å². The lowest BCUT2D eigenvalue weighted by Gasteiger charge is -2.29. The Bertz CT molecular complexity index is 1220. The molecule has 3 heterocycles. The summed E-state index contributed by atoms with van der Waals surface area (Å²) in [5.41, 5.74) is -1.62. The average molecular weight is 422 g/mol. The Morgan fingerprint density at radius 3 is 2.40 bits per heavy atom. The van der Waals surface area contributed by atoms with Crippen LogP contribution in [0, 0.1) is 0 Å². The molecule has 0 radical (unpaired) electrons. The number of alkyl halides is 3. The van der Waals surface area contributed by atoms with E-state index in [-0.39, 0.29) is 23.3 Å². The number of anilines is 1. The number of benzene rings is 1. The van der Waals surface area contributed by atoms with E-state index in [1.54, 1.807) is 0 Å². The van der Waals surface area contributed by atoms with E-state index in [0.717, 1.165) is 10.6 Å². The van der Waals surface area contributed by atoms with Crippen molar-refractivity contribution < 1.29 is 13.2 Å². The Balaban J connectivity index is 1.98. The summed E-state index contributed by atoms with van der Waals surface area (Å²) >= 11 is 0. The number of halogens is 3. The van der Waals surface area contributed by atoms with Crippen molar-refractivity contribution in [3.63, 3.8) is 0 Å². The SMILES string of the molecule is Cn1c(=O)c2c(nc(N3CCNCC3)n2Cc2ccccc2C(F)(F)F)n(C)c1=O. The van der Waals surface area contributed by atoms with Gasteiger partial charge in [-0.2, -0.15) is 18.2 Å². The second-order valence-electron chi connectivity index (χ2n) is 7.27. The summed E-state index contributed by atoms with van der Waals surface area (Å²) in [5.74, 6) is 0.377. The Hall–Kier alpha value is -3.08. The van der Waals surface area contributed by atoms with Gasteiger partial charge in [-0.25, -0.2) is 4.79 Å². The summed E-state index contributed by atoms with van der Waals surface area (Å²) in [6.45, 7) is 2.33. The number of nitrogens with zero attached hydrogens (tertiary/aromatic N) is 5. The number of hydrogen-bond donors (Lipinski definition) is 1. The topological polar surface area (TPSA) is 77.1 Å². The largest absolute Gasteiger partial charge is 0.416 e. The molecule has 0 saturated carbocycles. The van der Waals surface area contributed by atoms with Crippen LogP contribution in [0.2, 0.25) is 0 Å². The van der Waals surface area contributed by atoms with Crippen LogP contribution < -0.4 is 21.5 Å². The molecule has 1 N–H and O–H groups in total. The molecule has 0 spiro atoms. The molecular weight excluding hydrogens is 401 g/mol. The lowest BCUT2D eigenvalue weighted by molar-refractivity contribution is -0.138. The fourth-order valence-electron chi connectivity index (χ4n) is 3.80. The number of aromatic nitrogens is 4. The first kappa shape index (κ1) is 20.2. The number of rotatable bonds is 3. The predicted octanol–water partition coefficient (Wildman–Crippen LogP) is 0.910. The average Bonchev–Trinajstić information content (AvgIpc) is 3.10. The minimum atomic E-state index is -4.53. The van der Waals surface area contributed by atoms with E-state index >= 15 is 0 Å². The van der Waals surface area contributed by atoms with Gasteiger partial charge >= 0.3 is 11.9 Å². The van der Waals surface area contributed by atoms with Crippen LogP contribution in [0.3, 0.4) is 0 Å². The van der Waals surface area contributed by atoms with Crippen molar-refractivity contribution in [2.24, 2.45) is 14.1 Å². The third-order valence-corrected chi connectivity index (χ3v) is 5.38. The summed E-state index contributed by atoms with van der Waals surface area (Å²) in [4.78, 5) is 31.7. The van der Waals surface area contributed by atoms with E-state index in [2.05, 4.69) is 10.3 Å². The van der Waals surface area contributed by atoms with E-state index in [1.165, 1.54) is 41.4 Å². The Labute approximate surface area is 169 Å². The highest BCUT2D eigenvalue weighted by atomic mass is 19.4. The van der Waals surface area contributed by atoms with Crippen LogP contribution in [0.1, 0.15) is 11.1 Å². The van der Waals surface area contributed by atoms with Gasteiger partial charge in [-0.15, -0.1) is 0 Å². The number of hydrogen-bond acceptors (Lipinski definition) is 5. The molecule has 0 bridgehead atoms. The second kappa shape index (κ2) is 7.31. The van der Waals surface area contributed by atoms with Gasteiger partial charge in [-0.1, -0.05) is 18.2 Å². The smallest absolute Gasteiger partial charge is 0.340 e. The molecule has 1 aromatic carbocycles. The number of aryl methyl sites for hydroxylation is 1. The minimum Gasteiger partial charge on any atom is -0.340 e. The zero-order valence-electron chi connectivity index (χ0n) is 16.5. The summed E-state index contributed by atoms with van der Waals surface area (Å²) in [6, 6.07) is 5.27. The van der Waals surface area contributed by atoms with Crippen LogP contribution in [0.15, 0.2) is 33.9 Å². The lowest BCUT2D eigenvalue weighted by atomic mass is 10.1. The quantitative estimate of drug-likeness (QED) is 0.679. The van der Waals surface area contributed by atoms with E-state index in [0.29, 0.717) is 32.1 Å². The molecule has 0 aliphatic carbocycles. The first-order chi connectivity index (χ1) is 14.2. The van der Waals surface area contributed by atoms with E-state index in [9.17, 15) is 22.8 Å². The van der Waals surface area contributed by atoms with Crippen molar-refractivity contribution in [1.29, 1.82) is 0 Å². The van der Waals surface area contributed by atoms with Crippen molar-refractivity contribution in [2.45, 2.75) is 12.7 Å². The molecule has 0 amide bonds. The van der Waals surface area contributed by atoms with Crippen LogP contribution in [-0.2, 0) is 26.8 Å². The van der Waals surface area contributed by atoms with Crippen LogP contribution in [0.25, 0.3) is 11.2 Å². The zero-order valence-corrected chi connectivity index (χ0v) is 16.5. The van der Waals surface area contributed by atoms with Crippen molar-refractivity contribution in [3.05, 3.63) is 56.2 Å². The maximum atomic E-state index is 13.6. The van der Waals surface area contributed by atoms with Crippen molar-refractivity contribution in [2.75, 3.05) is 31.1 Å². The molecule has 0 unspecified atom stereocenters. The Kier molecular flexibility index (Phi) is 4.92. The highest BCUT2D eigenvalue weighted by molar-refractivity contribution is 5.75. The third-order valence-electron chi connectivity index (χ3n) is 5.38. The van der Waals surface area contributed by atoms with Crippen molar-refractivity contribution >= 4 is 17.1 Å². The maximum absolute atomic E-state index is 13.6. The molecule has 1 fully saturated rings. The van der Waals surface area contributed by atoms with Gasteiger partial charge in [-0.05, 0) is 11.6 Å². The number of fused-ring (bicyclic) bond motifs is 1. The van der Waals surface area contributed by atoms with Gasteiger partial charge < -0.3 is 10.2 Å². The number of imidazole rings is 1. The monoisotopic (exact) mass is 422 g/mol. The summed E-state index contributed by atoms with van der Waals surface area (Å²) in [5, 5.41) is 3.21. The first-order valence-electron chi connectivity index (χ1n) is 9.47. The predicted molar refractivity (Wildman–Crippen MR) is 106 cm³/mol. The summed E-state index contributed by atoms with van der Waals surface area (Å²) < 4.78 is 44.3. The minimum absolute atomic E-state index is 0.0246. The highest BCUT2D eigenvalue weighted by Gasteiger charge is 2.34. The van der Waals surface area contributed by atoms with Gasteiger partial charge in [0.1, 0.15) is 0 Å². The third kappa shape index (κ3) is 3.28. The summed E-state index contributed by atoms with van der Waals surface area (Å²) in [6.07, 6.45) is -4.53. The van der Waals surface area contributed by atoms with Gasteiger partial charge in [-0.3, -0.25) is 18.5 Å². The molecule has 30 heavy (non-hydrogen) atoms. The molecule has 3 aromatic rings. The van der Waals surface area contributed by atoms with Crippen LogP contribution >= 0.6 is 0 Å². The second-order valence-corrected chi connectivity index (χ2v) is 7.27. The number of nitrogens with one attached hydrogen (secondary N) is 1. The van der Waals surface area contributed by atoms with Crippen LogP contribution in [-0.4, -0.2) is 44.9 Å². The van der Waals surface area contributed by atoms with E-state index in [1.807, 2.05) is 4.90 Å². The van der Waals surface area contributed by atoms with Gasteiger partial charge in [0, 0.05) is 40.3 Å². The molecule has 1 saturated heterocycles.